The van der Waals surface area contributed by atoms with Gasteiger partial charge >= 0.3 is 5.97 Å². The third kappa shape index (κ3) is 5.08. The minimum Gasteiger partial charge on any atom is -0.496 e. The van der Waals surface area contributed by atoms with Gasteiger partial charge in [-0.1, -0.05) is 26.8 Å². The molecule has 4 nitrogen and oxygen atoms in total. The van der Waals surface area contributed by atoms with Crippen LogP contribution in [0.15, 0.2) is 18.2 Å². The number of rotatable bonds is 7. The van der Waals surface area contributed by atoms with E-state index in [9.17, 15) is 4.79 Å². The summed E-state index contributed by atoms with van der Waals surface area (Å²) in [5.74, 6) is 0.859. The van der Waals surface area contributed by atoms with E-state index in [1.807, 2.05) is 12.1 Å². The molecule has 1 fully saturated rings. The SMILES string of the molecule is COc1ccc(COC(=O)C2CC2)cc1C(O[Si](C)C)C(C)(C)C. The molecule has 1 radical (unpaired) electrons. The third-order valence-corrected chi connectivity index (χ3v) is 4.72. The molecule has 1 aliphatic rings. The molecule has 1 atom stereocenters. The predicted molar refractivity (Wildman–Crippen MR) is 96.3 cm³/mol. The lowest BCUT2D eigenvalue weighted by Crippen LogP contribution is -2.26. The second kappa shape index (κ2) is 7.70. The fourth-order valence-corrected chi connectivity index (χ4v) is 3.56. The minimum atomic E-state index is -0.869. The summed E-state index contributed by atoms with van der Waals surface area (Å²) < 4.78 is 17.3. The first-order valence-corrected chi connectivity index (χ1v) is 10.9. The van der Waals surface area contributed by atoms with E-state index in [-0.39, 0.29) is 23.4 Å². The Morgan fingerprint density at radius 1 is 1.29 bits per heavy atom. The van der Waals surface area contributed by atoms with Crippen molar-refractivity contribution in [3.8, 4) is 5.75 Å². The smallest absolute Gasteiger partial charge is 0.309 e. The molecule has 5 heteroatoms. The van der Waals surface area contributed by atoms with Gasteiger partial charge in [-0.05, 0) is 49.0 Å². The molecule has 0 amide bonds. The summed E-state index contributed by atoms with van der Waals surface area (Å²) in [6.45, 7) is 11.1. The first kappa shape index (κ1) is 19.0. The summed E-state index contributed by atoms with van der Waals surface area (Å²) >= 11 is 0. The lowest BCUT2D eigenvalue weighted by atomic mass is 9.84. The number of carbonyl (C=O) groups is 1. The van der Waals surface area contributed by atoms with Crippen LogP contribution in [0.1, 0.15) is 50.8 Å². The van der Waals surface area contributed by atoms with Crippen molar-refractivity contribution in [1.29, 1.82) is 0 Å². The van der Waals surface area contributed by atoms with Crippen molar-refractivity contribution in [3.05, 3.63) is 29.3 Å². The molecule has 0 aliphatic heterocycles. The van der Waals surface area contributed by atoms with Crippen LogP contribution in [0, 0.1) is 11.3 Å². The first-order valence-electron chi connectivity index (χ1n) is 8.52. The highest BCUT2D eigenvalue weighted by Crippen LogP contribution is 2.41. The second-order valence-corrected chi connectivity index (χ2v) is 9.78. The van der Waals surface area contributed by atoms with Gasteiger partial charge in [0.1, 0.15) is 12.4 Å². The van der Waals surface area contributed by atoms with E-state index in [4.69, 9.17) is 13.9 Å². The number of ether oxygens (including phenoxy) is 2. The molecule has 0 aromatic heterocycles. The quantitative estimate of drug-likeness (QED) is 0.537. The van der Waals surface area contributed by atoms with Gasteiger partial charge in [-0.15, -0.1) is 0 Å². The van der Waals surface area contributed by atoms with Crippen molar-refractivity contribution in [2.24, 2.45) is 11.3 Å². The van der Waals surface area contributed by atoms with E-state index in [2.05, 4.69) is 39.9 Å². The number of methoxy groups -OCH3 is 1. The Morgan fingerprint density at radius 2 is 1.96 bits per heavy atom. The Kier molecular flexibility index (Phi) is 6.10. The zero-order valence-corrected chi connectivity index (χ0v) is 16.6. The average Bonchev–Trinajstić information content (AvgIpc) is 3.33. The third-order valence-electron chi connectivity index (χ3n) is 4.01. The lowest BCUT2D eigenvalue weighted by Gasteiger charge is -2.34. The molecule has 2 rings (SSSR count). The number of hydrogen-bond donors (Lipinski definition) is 0. The van der Waals surface area contributed by atoms with Crippen LogP contribution in [0.25, 0.3) is 0 Å². The molecule has 1 aromatic rings. The largest absolute Gasteiger partial charge is 0.496 e. The van der Waals surface area contributed by atoms with Crippen molar-refractivity contribution in [2.75, 3.05) is 7.11 Å². The number of esters is 1. The van der Waals surface area contributed by atoms with E-state index in [0.29, 0.717) is 6.61 Å². The van der Waals surface area contributed by atoms with Crippen molar-refractivity contribution in [2.45, 2.75) is 59.4 Å². The van der Waals surface area contributed by atoms with Gasteiger partial charge < -0.3 is 13.9 Å². The Morgan fingerprint density at radius 3 is 2.46 bits per heavy atom. The Bertz CT molecular complexity index is 573. The molecule has 1 aliphatic carbocycles. The summed E-state index contributed by atoms with van der Waals surface area (Å²) in [7, 11) is 0.807. The summed E-state index contributed by atoms with van der Waals surface area (Å²) in [5, 5.41) is 0. The standard InChI is InChI=1S/C19H29O4Si/c1-19(2,3)17(23-24(5)6)15-11-13(7-10-16(15)21-4)12-22-18(20)14-8-9-14/h7,10-11,14,17H,8-9,12H2,1-6H3. The molecule has 0 heterocycles. The number of benzene rings is 1. The molecule has 1 saturated carbocycles. The summed E-state index contributed by atoms with van der Waals surface area (Å²) in [6, 6.07) is 5.95. The summed E-state index contributed by atoms with van der Waals surface area (Å²) in [4.78, 5) is 11.8. The topological polar surface area (TPSA) is 44.8 Å². The number of hydrogen-bond acceptors (Lipinski definition) is 4. The second-order valence-electron chi connectivity index (χ2n) is 7.73. The highest BCUT2D eigenvalue weighted by atomic mass is 28.3. The van der Waals surface area contributed by atoms with Crippen LogP contribution >= 0.6 is 0 Å². The molecule has 1 aromatic carbocycles. The summed E-state index contributed by atoms with van der Waals surface area (Å²) in [6.07, 6.45) is 1.87. The van der Waals surface area contributed by atoms with Gasteiger partial charge in [0.2, 0.25) is 9.04 Å². The first-order chi connectivity index (χ1) is 11.2. The van der Waals surface area contributed by atoms with Crippen LogP contribution in [-0.4, -0.2) is 22.1 Å². The normalized spacial score (nSPS) is 16.1. The lowest BCUT2D eigenvalue weighted by molar-refractivity contribution is -0.146. The maximum absolute atomic E-state index is 11.8. The zero-order valence-electron chi connectivity index (χ0n) is 15.6. The fourth-order valence-electron chi connectivity index (χ4n) is 2.61. The molecule has 133 valence electrons. The Hall–Kier alpha value is -1.33. The van der Waals surface area contributed by atoms with Gasteiger partial charge in [0.25, 0.3) is 0 Å². The maximum Gasteiger partial charge on any atom is 0.309 e. The Balaban J connectivity index is 2.23. The summed E-state index contributed by atoms with van der Waals surface area (Å²) in [5.41, 5.74) is 1.94. The molecule has 0 spiro atoms. The molecule has 0 N–H and O–H groups in total. The Labute approximate surface area is 147 Å². The fraction of sp³-hybridized carbons (Fsp3) is 0.632. The number of carbonyl (C=O) groups excluding carboxylic acids is 1. The van der Waals surface area contributed by atoms with Crippen molar-refractivity contribution in [1.82, 2.24) is 0 Å². The predicted octanol–water partition coefficient (Wildman–Crippen LogP) is 4.50. The van der Waals surface area contributed by atoms with Gasteiger partial charge in [0, 0.05) is 5.56 Å². The van der Waals surface area contributed by atoms with Crippen LogP contribution in [0.2, 0.25) is 13.1 Å². The monoisotopic (exact) mass is 349 g/mol. The van der Waals surface area contributed by atoms with Gasteiger partial charge in [0.05, 0.1) is 19.1 Å². The van der Waals surface area contributed by atoms with E-state index < -0.39 is 9.04 Å². The molecule has 24 heavy (non-hydrogen) atoms. The van der Waals surface area contributed by atoms with Crippen LogP contribution in [0.5, 0.6) is 5.75 Å². The van der Waals surface area contributed by atoms with Crippen LogP contribution in [0.4, 0.5) is 0 Å². The van der Waals surface area contributed by atoms with Gasteiger partial charge in [-0.2, -0.15) is 0 Å². The van der Waals surface area contributed by atoms with Crippen molar-refractivity contribution in [3.63, 3.8) is 0 Å². The van der Waals surface area contributed by atoms with E-state index in [0.717, 1.165) is 29.7 Å². The van der Waals surface area contributed by atoms with Gasteiger partial charge in [-0.3, -0.25) is 4.79 Å². The molecular formula is C19H29O4Si. The van der Waals surface area contributed by atoms with Crippen LogP contribution in [0.3, 0.4) is 0 Å². The molecule has 0 saturated heterocycles. The zero-order chi connectivity index (χ0) is 17.9. The highest BCUT2D eigenvalue weighted by molar-refractivity contribution is 6.48. The van der Waals surface area contributed by atoms with E-state index in [1.54, 1.807) is 7.11 Å². The minimum absolute atomic E-state index is 0.0570. The average molecular weight is 350 g/mol. The van der Waals surface area contributed by atoms with Gasteiger partial charge in [-0.25, -0.2) is 0 Å². The van der Waals surface area contributed by atoms with Crippen molar-refractivity contribution < 1.29 is 18.7 Å². The maximum atomic E-state index is 11.8. The van der Waals surface area contributed by atoms with E-state index in [1.165, 1.54) is 0 Å². The van der Waals surface area contributed by atoms with Crippen molar-refractivity contribution >= 4 is 15.0 Å². The van der Waals surface area contributed by atoms with Gasteiger partial charge in [0.15, 0.2) is 0 Å². The molecular weight excluding hydrogens is 320 g/mol. The molecule has 1 unspecified atom stereocenters. The van der Waals surface area contributed by atoms with Crippen LogP contribution < -0.4 is 4.74 Å². The molecule has 0 bridgehead atoms. The highest BCUT2D eigenvalue weighted by Gasteiger charge is 2.32. The van der Waals surface area contributed by atoms with Crippen LogP contribution in [-0.2, 0) is 20.6 Å². The van der Waals surface area contributed by atoms with E-state index >= 15 is 0 Å².